The first-order valence-electron chi connectivity index (χ1n) is 14.0. The summed E-state index contributed by atoms with van der Waals surface area (Å²) >= 11 is 7.73. The van der Waals surface area contributed by atoms with Gasteiger partial charge in [0.1, 0.15) is 18.9 Å². The summed E-state index contributed by atoms with van der Waals surface area (Å²) in [6.07, 6.45) is 2.11. The second-order valence-corrected chi connectivity index (χ2v) is 11.4. The average molecular weight is 628 g/mol. The Labute approximate surface area is 264 Å². The van der Waals surface area contributed by atoms with Crippen molar-refractivity contribution in [2.45, 2.75) is 23.5 Å². The van der Waals surface area contributed by atoms with Gasteiger partial charge in [-0.1, -0.05) is 61.0 Å². The zero-order valence-electron chi connectivity index (χ0n) is 23.8. The van der Waals surface area contributed by atoms with E-state index >= 15 is 0 Å². The number of benzene rings is 4. The number of carbonyl (C=O) groups is 3. The Balaban J connectivity index is 1.29. The van der Waals surface area contributed by atoms with Gasteiger partial charge in [0, 0.05) is 32.9 Å². The molecule has 3 N–H and O–H groups in total. The van der Waals surface area contributed by atoms with E-state index in [1.165, 1.54) is 17.8 Å². The predicted octanol–water partition coefficient (Wildman–Crippen LogP) is 7.03. The number of hydrogen-bond donors (Lipinski definition) is 3. The van der Waals surface area contributed by atoms with Gasteiger partial charge in [0.05, 0.1) is 5.25 Å². The minimum atomic E-state index is -0.528. The molecule has 1 aliphatic rings. The fourth-order valence-corrected chi connectivity index (χ4v) is 5.57. The first kappa shape index (κ1) is 30.7. The van der Waals surface area contributed by atoms with Crippen LogP contribution in [0.15, 0.2) is 108 Å². The lowest BCUT2D eigenvalue weighted by Gasteiger charge is -2.20. The van der Waals surface area contributed by atoms with Gasteiger partial charge in [0.15, 0.2) is 11.5 Å². The largest absolute Gasteiger partial charge is 0.486 e. The summed E-state index contributed by atoms with van der Waals surface area (Å²) < 4.78 is 11.2. The zero-order chi connectivity index (χ0) is 30.9. The molecule has 0 aliphatic carbocycles. The number of amides is 3. The maximum absolute atomic E-state index is 13.5. The van der Waals surface area contributed by atoms with Crippen LogP contribution in [0, 0.1) is 0 Å². The van der Waals surface area contributed by atoms with Crippen molar-refractivity contribution >= 4 is 58.5 Å². The van der Waals surface area contributed by atoms with Crippen LogP contribution in [0.3, 0.4) is 0 Å². The Morgan fingerprint density at radius 3 is 2.34 bits per heavy atom. The lowest BCUT2D eigenvalue weighted by atomic mass is 10.1. The normalized spacial score (nSPS) is 13.0. The van der Waals surface area contributed by atoms with E-state index in [1.54, 1.807) is 91.0 Å². The number of halogens is 1. The quantitative estimate of drug-likeness (QED) is 0.129. The van der Waals surface area contributed by atoms with Crippen LogP contribution >= 0.6 is 23.4 Å². The molecule has 0 bridgehead atoms. The molecule has 44 heavy (non-hydrogen) atoms. The number of thioether (sulfide) groups is 1. The van der Waals surface area contributed by atoms with Gasteiger partial charge in [0.25, 0.3) is 11.8 Å². The fourth-order valence-electron chi connectivity index (χ4n) is 4.37. The third-order valence-corrected chi connectivity index (χ3v) is 8.28. The van der Waals surface area contributed by atoms with Crippen LogP contribution in [0.5, 0.6) is 11.5 Å². The van der Waals surface area contributed by atoms with Crippen molar-refractivity contribution in [1.82, 2.24) is 5.32 Å². The zero-order valence-corrected chi connectivity index (χ0v) is 25.4. The van der Waals surface area contributed by atoms with Crippen LogP contribution in [-0.2, 0) is 9.59 Å². The number of carbonyl (C=O) groups excluding carboxylic acids is 3. The second-order valence-electron chi connectivity index (χ2n) is 9.74. The second kappa shape index (κ2) is 14.6. The van der Waals surface area contributed by atoms with Gasteiger partial charge in [-0.2, -0.15) is 0 Å². The van der Waals surface area contributed by atoms with E-state index in [0.717, 1.165) is 4.90 Å². The van der Waals surface area contributed by atoms with Crippen LogP contribution in [0.4, 0.5) is 11.4 Å². The molecule has 1 aliphatic heterocycles. The maximum Gasteiger partial charge on any atom is 0.272 e. The molecule has 0 aromatic heterocycles. The van der Waals surface area contributed by atoms with E-state index in [4.69, 9.17) is 21.1 Å². The summed E-state index contributed by atoms with van der Waals surface area (Å²) in [4.78, 5) is 40.4. The summed E-state index contributed by atoms with van der Waals surface area (Å²) in [5, 5.41) is 8.59. The third kappa shape index (κ3) is 8.00. The van der Waals surface area contributed by atoms with Gasteiger partial charge in [-0.25, -0.2) is 0 Å². The van der Waals surface area contributed by atoms with Crippen LogP contribution in [-0.4, -0.2) is 36.2 Å². The van der Waals surface area contributed by atoms with Crippen molar-refractivity contribution in [3.8, 4) is 11.5 Å². The molecule has 10 heteroatoms. The van der Waals surface area contributed by atoms with E-state index < -0.39 is 17.1 Å². The molecule has 0 radical (unpaired) electrons. The SMILES string of the molecule is CCC(Sc1cccc(NC(=O)/C(=C\c2ccccc2Cl)NC(=O)c2ccccc2)c1)C(=O)Nc1ccc2c(c1)OCCO2. The van der Waals surface area contributed by atoms with E-state index in [0.29, 0.717) is 58.7 Å². The highest BCUT2D eigenvalue weighted by molar-refractivity contribution is 8.00. The minimum absolute atomic E-state index is 0.0234. The lowest BCUT2D eigenvalue weighted by Crippen LogP contribution is -2.30. The molecule has 3 amide bonds. The molecule has 4 aromatic carbocycles. The standard InChI is InChI=1S/C34H30ClN3O5S/c1-2-31(34(41)37-25-15-16-29-30(21-25)43-18-17-42-29)44-26-13-8-12-24(20-26)36-33(40)28(19-23-11-6-7-14-27(23)35)38-32(39)22-9-4-3-5-10-22/h3-16,19-21,31H,2,17-18H2,1H3,(H,36,40)(H,37,41)(H,38,39)/b28-19+. The smallest absolute Gasteiger partial charge is 0.272 e. The van der Waals surface area contributed by atoms with E-state index in [1.807, 2.05) is 13.0 Å². The highest BCUT2D eigenvalue weighted by atomic mass is 35.5. The van der Waals surface area contributed by atoms with Gasteiger partial charge in [-0.3, -0.25) is 14.4 Å². The number of ether oxygens (including phenoxy) is 2. The minimum Gasteiger partial charge on any atom is -0.486 e. The van der Waals surface area contributed by atoms with Crippen LogP contribution in [0.25, 0.3) is 6.08 Å². The first-order chi connectivity index (χ1) is 21.4. The summed E-state index contributed by atoms with van der Waals surface area (Å²) in [7, 11) is 0. The van der Waals surface area contributed by atoms with Crippen molar-refractivity contribution in [1.29, 1.82) is 0 Å². The van der Waals surface area contributed by atoms with E-state index in [2.05, 4.69) is 16.0 Å². The molecule has 0 saturated carbocycles. The molecule has 1 heterocycles. The molecule has 0 fully saturated rings. The molecule has 1 unspecified atom stereocenters. The third-order valence-electron chi connectivity index (χ3n) is 6.58. The van der Waals surface area contributed by atoms with Gasteiger partial charge in [-0.05, 0) is 66.6 Å². The maximum atomic E-state index is 13.5. The molecule has 5 rings (SSSR count). The number of fused-ring (bicyclic) bond motifs is 1. The highest BCUT2D eigenvalue weighted by Gasteiger charge is 2.21. The molecule has 224 valence electrons. The molecule has 0 spiro atoms. The first-order valence-corrected chi connectivity index (χ1v) is 15.3. The number of rotatable bonds is 10. The summed E-state index contributed by atoms with van der Waals surface area (Å²) in [6, 6.07) is 28.2. The van der Waals surface area contributed by atoms with Gasteiger partial charge in [0.2, 0.25) is 5.91 Å². The lowest BCUT2D eigenvalue weighted by molar-refractivity contribution is -0.116. The van der Waals surface area contributed by atoms with Crippen molar-refractivity contribution in [2.24, 2.45) is 0 Å². The van der Waals surface area contributed by atoms with Crippen molar-refractivity contribution < 1.29 is 23.9 Å². The Morgan fingerprint density at radius 2 is 1.57 bits per heavy atom. The van der Waals surface area contributed by atoms with Gasteiger partial charge in [-0.15, -0.1) is 11.8 Å². The van der Waals surface area contributed by atoms with Crippen LogP contribution < -0.4 is 25.4 Å². The molecule has 1 atom stereocenters. The van der Waals surface area contributed by atoms with Crippen LogP contribution in [0.2, 0.25) is 5.02 Å². The van der Waals surface area contributed by atoms with Crippen molar-refractivity contribution in [3.05, 3.63) is 119 Å². The summed E-state index contributed by atoms with van der Waals surface area (Å²) in [5.74, 6) is 0.134. The predicted molar refractivity (Wildman–Crippen MR) is 174 cm³/mol. The molecular weight excluding hydrogens is 598 g/mol. The topological polar surface area (TPSA) is 106 Å². The fraction of sp³-hybridized carbons (Fsp3) is 0.147. The Morgan fingerprint density at radius 1 is 0.841 bits per heavy atom. The summed E-state index contributed by atoms with van der Waals surface area (Å²) in [5.41, 5.74) is 2.13. The number of nitrogens with one attached hydrogen (secondary N) is 3. The Hall–Kier alpha value is -4.73. The van der Waals surface area contributed by atoms with Crippen molar-refractivity contribution in [2.75, 3.05) is 23.8 Å². The molecule has 8 nitrogen and oxygen atoms in total. The van der Waals surface area contributed by atoms with E-state index in [-0.39, 0.29) is 11.6 Å². The average Bonchev–Trinajstić information content (AvgIpc) is 3.04. The van der Waals surface area contributed by atoms with Gasteiger partial charge >= 0.3 is 0 Å². The van der Waals surface area contributed by atoms with Crippen LogP contribution in [0.1, 0.15) is 29.3 Å². The number of anilines is 2. The molecule has 4 aromatic rings. The molecular formula is C34H30ClN3O5S. The summed E-state index contributed by atoms with van der Waals surface area (Å²) in [6.45, 7) is 2.89. The monoisotopic (exact) mass is 627 g/mol. The van der Waals surface area contributed by atoms with E-state index in [9.17, 15) is 14.4 Å². The number of hydrogen-bond acceptors (Lipinski definition) is 6. The Kier molecular flexibility index (Phi) is 10.2. The highest BCUT2D eigenvalue weighted by Crippen LogP contribution is 2.34. The van der Waals surface area contributed by atoms with Crippen molar-refractivity contribution in [3.63, 3.8) is 0 Å². The van der Waals surface area contributed by atoms with Gasteiger partial charge < -0.3 is 25.4 Å². The Bertz CT molecular complexity index is 1700. The molecule has 0 saturated heterocycles.